The third-order valence-corrected chi connectivity index (χ3v) is 4.21. The molecule has 3 aromatic rings. The van der Waals surface area contributed by atoms with Crippen LogP contribution in [-0.2, 0) is 0 Å². The first-order valence-corrected chi connectivity index (χ1v) is 7.60. The molecule has 5 nitrogen and oxygen atoms in total. The standard InChI is InChI=1S/C14H8BrN5S/c15-11-6-7-13(10(8-11)9-16)21-14-17-18-19-20(14)12-4-2-1-3-5-12/h1-8H. The molecular formula is C14H8BrN5S. The predicted octanol–water partition coefficient (Wildman–Crippen LogP) is 3.45. The summed E-state index contributed by atoms with van der Waals surface area (Å²) in [4.78, 5) is 0.813. The fourth-order valence-electron chi connectivity index (χ4n) is 1.75. The Morgan fingerprint density at radius 2 is 1.95 bits per heavy atom. The first-order valence-electron chi connectivity index (χ1n) is 5.99. The van der Waals surface area contributed by atoms with Crippen LogP contribution in [0.15, 0.2) is 63.1 Å². The van der Waals surface area contributed by atoms with E-state index in [4.69, 9.17) is 0 Å². The van der Waals surface area contributed by atoms with Crippen LogP contribution in [0, 0.1) is 11.3 Å². The molecule has 0 aliphatic carbocycles. The van der Waals surface area contributed by atoms with E-state index >= 15 is 0 Å². The van der Waals surface area contributed by atoms with Crippen molar-refractivity contribution in [2.24, 2.45) is 0 Å². The molecule has 3 rings (SSSR count). The second kappa shape index (κ2) is 6.08. The highest BCUT2D eigenvalue weighted by Crippen LogP contribution is 2.31. The van der Waals surface area contributed by atoms with Crippen LogP contribution in [-0.4, -0.2) is 20.2 Å². The van der Waals surface area contributed by atoms with Crippen molar-refractivity contribution in [1.82, 2.24) is 20.2 Å². The summed E-state index contributed by atoms with van der Waals surface area (Å²) >= 11 is 4.72. The van der Waals surface area contributed by atoms with Gasteiger partial charge in [-0.1, -0.05) is 34.1 Å². The lowest BCUT2D eigenvalue weighted by molar-refractivity contribution is 0.756. The van der Waals surface area contributed by atoms with Crippen LogP contribution in [0.25, 0.3) is 5.69 Å². The highest BCUT2D eigenvalue weighted by atomic mass is 79.9. The molecule has 0 fully saturated rings. The summed E-state index contributed by atoms with van der Waals surface area (Å²) in [6, 6.07) is 17.3. The van der Waals surface area contributed by atoms with E-state index in [1.54, 1.807) is 10.7 Å². The second-order valence-corrected chi connectivity index (χ2v) is 5.99. The highest BCUT2D eigenvalue weighted by molar-refractivity contribution is 9.10. The van der Waals surface area contributed by atoms with Crippen LogP contribution in [0.5, 0.6) is 0 Å². The Balaban J connectivity index is 1.98. The molecule has 0 saturated carbocycles. The Labute approximate surface area is 133 Å². The second-order valence-electron chi connectivity index (χ2n) is 4.06. The number of tetrazole rings is 1. The van der Waals surface area contributed by atoms with Gasteiger partial charge in [0.05, 0.1) is 11.3 Å². The average Bonchev–Trinajstić information content (AvgIpc) is 2.98. The molecule has 21 heavy (non-hydrogen) atoms. The van der Waals surface area contributed by atoms with E-state index in [9.17, 15) is 5.26 Å². The zero-order valence-electron chi connectivity index (χ0n) is 10.6. The Bertz CT molecular complexity index is 810. The van der Waals surface area contributed by atoms with Gasteiger partial charge >= 0.3 is 0 Å². The quantitative estimate of drug-likeness (QED) is 0.717. The first-order chi connectivity index (χ1) is 10.3. The smallest absolute Gasteiger partial charge is 0.192 e. The van der Waals surface area contributed by atoms with Crippen LogP contribution in [0.3, 0.4) is 0 Å². The Morgan fingerprint density at radius 3 is 2.71 bits per heavy atom. The molecule has 0 N–H and O–H groups in total. The first kappa shape index (κ1) is 13.8. The molecule has 1 aromatic heterocycles. The number of para-hydroxylation sites is 1. The van der Waals surface area contributed by atoms with Gasteiger partial charge in [0.1, 0.15) is 6.07 Å². The largest absolute Gasteiger partial charge is 0.218 e. The van der Waals surface area contributed by atoms with Gasteiger partial charge in [-0.3, -0.25) is 0 Å². The maximum atomic E-state index is 9.22. The molecule has 102 valence electrons. The van der Waals surface area contributed by atoms with Crippen LogP contribution >= 0.6 is 27.7 Å². The number of benzene rings is 2. The predicted molar refractivity (Wildman–Crippen MR) is 82.1 cm³/mol. The Hall–Kier alpha value is -2.17. The zero-order valence-corrected chi connectivity index (χ0v) is 13.0. The van der Waals surface area contributed by atoms with Crippen molar-refractivity contribution in [3.63, 3.8) is 0 Å². The summed E-state index contributed by atoms with van der Waals surface area (Å²) in [5, 5.41) is 21.6. The van der Waals surface area contributed by atoms with Gasteiger partial charge in [0.2, 0.25) is 5.16 Å². The van der Waals surface area contributed by atoms with Gasteiger partial charge in [-0.05, 0) is 52.5 Å². The minimum absolute atomic E-state index is 0.581. The van der Waals surface area contributed by atoms with E-state index in [1.807, 2.05) is 42.5 Å². The molecule has 1 heterocycles. The van der Waals surface area contributed by atoms with Gasteiger partial charge in [0, 0.05) is 9.37 Å². The number of aromatic nitrogens is 4. The zero-order chi connectivity index (χ0) is 14.7. The van der Waals surface area contributed by atoms with Crippen LogP contribution in [0.1, 0.15) is 5.56 Å². The SMILES string of the molecule is N#Cc1cc(Br)ccc1Sc1nnnn1-c1ccccc1. The molecule has 0 aliphatic heterocycles. The number of halogens is 1. The molecule has 0 amide bonds. The number of hydrogen-bond acceptors (Lipinski definition) is 5. The lowest BCUT2D eigenvalue weighted by atomic mass is 10.2. The molecule has 0 saturated heterocycles. The Morgan fingerprint density at radius 1 is 1.14 bits per heavy atom. The summed E-state index contributed by atoms with van der Waals surface area (Å²) in [5.41, 5.74) is 1.46. The van der Waals surface area contributed by atoms with Crippen molar-refractivity contribution in [2.45, 2.75) is 10.1 Å². The van der Waals surface area contributed by atoms with E-state index in [0.29, 0.717) is 10.7 Å². The van der Waals surface area contributed by atoms with Crippen LogP contribution < -0.4 is 0 Å². The fraction of sp³-hybridized carbons (Fsp3) is 0. The molecular weight excluding hydrogens is 350 g/mol. The number of nitrogens with zero attached hydrogens (tertiary/aromatic N) is 5. The van der Waals surface area contributed by atoms with Gasteiger partial charge in [-0.15, -0.1) is 5.10 Å². The van der Waals surface area contributed by atoms with Crippen molar-refractivity contribution in [1.29, 1.82) is 5.26 Å². The van der Waals surface area contributed by atoms with E-state index < -0.39 is 0 Å². The number of rotatable bonds is 3. The average molecular weight is 358 g/mol. The molecule has 7 heteroatoms. The van der Waals surface area contributed by atoms with E-state index in [2.05, 4.69) is 37.5 Å². The lowest BCUT2D eigenvalue weighted by Gasteiger charge is -2.05. The minimum Gasteiger partial charge on any atom is -0.192 e. The fourth-order valence-corrected chi connectivity index (χ4v) is 2.96. The maximum absolute atomic E-state index is 9.22. The highest BCUT2D eigenvalue weighted by Gasteiger charge is 2.12. The summed E-state index contributed by atoms with van der Waals surface area (Å²) in [5.74, 6) is 0. The van der Waals surface area contributed by atoms with Crippen molar-refractivity contribution in [2.75, 3.05) is 0 Å². The van der Waals surface area contributed by atoms with Crippen molar-refractivity contribution in [3.8, 4) is 11.8 Å². The molecule has 0 aliphatic rings. The topological polar surface area (TPSA) is 67.4 Å². The van der Waals surface area contributed by atoms with Gasteiger partial charge in [-0.2, -0.15) is 9.94 Å². The van der Waals surface area contributed by atoms with Gasteiger partial charge in [0.15, 0.2) is 0 Å². The number of nitriles is 1. The number of hydrogen-bond donors (Lipinski definition) is 0. The van der Waals surface area contributed by atoms with E-state index in [0.717, 1.165) is 15.1 Å². The third-order valence-electron chi connectivity index (χ3n) is 2.70. The molecule has 0 atom stereocenters. The molecule has 0 bridgehead atoms. The van der Waals surface area contributed by atoms with Gasteiger partial charge in [0.25, 0.3) is 0 Å². The molecule has 0 radical (unpaired) electrons. The maximum Gasteiger partial charge on any atom is 0.218 e. The van der Waals surface area contributed by atoms with Gasteiger partial charge in [-0.25, -0.2) is 0 Å². The summed E-state index contributed by atoms with van der Waals surface area (Å²) in [6.07, 6.45) is 0. The summed E-state index contributed by atoms with van der Waals surface area (Å²) in [6.45, 7) is 0. The molecule has 2 aromatic carbocycles. The van der Waals surface area contributed by atoms with E-state index in [1.165, 1.54) is 11.8 Å². The molecule has 0 spiro atoms. The summed E-state index contributed by atoms with van der Waals surface area (Å²) in [7, 11) is 0. The Kier molecular flexibility index (Phi) is 3.99. The lowest BCUT2D eigenvalue weighted by Crippen LogP contribution is -1.98. The van der Waals surface area contributed by atoms with Crippen LogP contribution in [0.2, 0.25) is 0 Å². The molecule has 0 unspecified atom stereocenters. The van der Waals surface area contributed by atoms with Crippen molar-refractivity contribution < 1.29 is 0 Å². The van der Waals surface area contributed by atoms with Gasteiger partial charge < -0.3 is 0 Å². The minimum atomic E-state index is 0.581. The normalized spacial score (nSPS) is 10.3. The van der Waals surface area contributed by atoms with Crippen molar-refractivity contribution >= 4 is 27.7 Å². The third kappa shape index (κ3) is 2.96. The monoisotopic (exact) mass is 357 g/mol. The van der Waals surface area contributed by atoms with Crippen molar-refractivity contribution in [3.05, 3.63) is 58.6 Å². The van der Waals surface area contributed by atoms with Crippen LogP contribution in [0.4, 0.5) is 0 Å². The summed E-state index contributed by atoms with van der Waals surface area (Å²) < 4.78 is 2.51. The van der Waals surface area contributed by atoms with E-state index in [-0.39, 0.29) is 0 Å².